The van der Waals surface area contributed by atoms with Gasteiger partial charge in [-0.3, -0.25) is 9.59 Å². The van der Waals surface area contributed by atoms with E-state index in [0.29, 0.717) is 36.9 Å². The fourth-order valence-corrected chi connectivity index (χ4v) is 3.38. The number of hydrogen-bond acceptors (Lipinski definition) is 6. The average Bonchev–Trinajstić information content (AvgIpc) is 3.36. The number of rotatable bonds is 13. The number of halogens is 3. The van der Waals surface area contributed by atoms with Gasteiger partial charge in [0.15, 0.2) is 5.69 Å². The molecule has 204 valence electrons. The maximum absolute atomic E-state index is 13.7. The summed E-state index contributed by atoms with van der Waals surface area (Å²) in [6, 6.07) is 12.8. The highest BCUT2D eigenvalue weighted by molar-refractivity contribution is 5.96. The van der Waals surface area contributed by atoms with Crippen molar-refractivity contribution in [1.82, 2.24) is 20.4 Å². The van der Waals surface area contributed by atoms with Crippen molar-refractivity contribution in [3.05, 3.63) is 71.5 Å². The zero-order valence-corrected chi connectivity index (χ0v) is 21.0. The Morgan fingerprint density at radius 2 is 1.61 bits per heavy atom. The fraction of sp³-hybridized carbons (Fsp3) is 0.346. The fourth-order valence-electron chi connectivity index (χ4n) is 3.38. The number of amides is 2. The van der Waals surface area contributed by atoms with Crippen LogP contribution in [0.1, 0.15) is 40.3 Å². The molecular weight excluding hydrogens is 505 g/mol. The van der Waals surface area contributed by atoms with E-state index in [4.69, 9.17) is 14.2 Å². The highest BCUT2D eigenvalue weighted by Gasteiger charge is 2.39. The van der Waals surface area contributed by atoms with Gasteiger partial charge in [0.1, 0.15) is 18.1 Å². The van der Waals surface area contributed by atoms with Crippen molar-refractivity contribution in [1.29, 1.82) is 0 Å². The molecule has 2 amide bonds. The van der Waals surface area contributed by atoms with E-state index < -0.39 is 29.2 Å². The number of alkyl halides is 3. The van der Waals surface area contributed by atoms with E-state index in [1.165, 1.54) is 6.07 Å². The largest absolute Gasteiger partial charge is 0.494 e. The Bertz CT molecular complexity index is 1210. The molecule has 0 unspecified atom stereocenters. The van der Waals surface area contributed by atoms with E-state index in [2.05, 4.69) is 15.7 Å². The van der Waals surface area contributed by atoms with Crippen LogP contribution in [0.25, 0.3) is 5.69 Å². The molecule has 0 spiro atoms. The molecular formula is C26H29F3N4O5. The van der Waals surface area contributed by atoms with Gasteiger partial charge in [-0.2, -0.15) is 18.3 Å². The van der Waals surface area contributed by atoms with Gasteiger partial charge in [-0.05, 0) is 50.2 Å². The lowest BCUT2D eigenvalue weighted by Crippen LogP contribution is -2.35. The second-order valence-electron chi connectivity index (χ2n) is 7.85. The van der Waals surface area contributed by atoms with Crippen LogP contribution in [-0.4, -0.2) is 61.1 Å². The number of aromatic nitrogens is 2. The van der Waals surface area contributed by atoms with Crippen molar-refractivity contribution >= 4 is 11.8 Å². The van der Waals surface area contributed by atoms with Gasteiger partial charge < -0.3 is 24.8 Å². The molecule has 1 heterocycles. The van der Waals surface area contributed by atoms with Crippen LogP contribution in [-0.2, 0) is 10.9 Å². The topological polar surface area (TPSA) is 104 Å². The van der Waals surface area contributed by atoms with E-state index in [-0.39, 0.29) is 25.4 Å². The van der Waals surface area contributed by atoms with E-state index in [1.54, 1.807) is 42.5 Å². The number of carbonyl (C=O) groups is 2. The van der Waals surface area contributed by atoms with Gasteiger partial charge in [0.25, 0.3) is 11.8 Å². The first-order valence-electron chi connectivity index (χ1n) is 12.0. The predicted molar refractivity (Wildman–Crippen MR) is 133 cm³/mol. The summed E-state index contributed by atoms with van der Waals surface area (Å²) in [4.78, 5) is 24.9. The molecule has 0 bridgehead atoms. The van der Waals surface area contributed by atoms with Crippen molar-refractivity contribution in [3.63, 3.8) is 0 Å². The van der Waals surface area contributed by atoms with E-state index in [1.807, 2.05) is 13.8 Å². The minimum atomic E-state index is -4.86. The monoisotopic (exact) mass is 534 g/mol. The molecule has 3 aromatic rings. The number of hydrogen-bond donors (Lipinski definition) is 2. The van der Waals surface area contributed by atoms with Crippen LogP contribution in [0.3, 0.4) is 0 Å². The standard InChI is InChI=1S/C26H29F3N4O5/c1-3-36-14-15-38-21-7-5-6-19(16-21)33-17-22(23(32-33)26(27,28)29)25(35)31-13-12-30-24(34)18-8-10-20(11-9-18)37-4-2/h5-11,16-17H,3-4,12-15H2,1-2H3,(H,30,34)(H,31,35). The van der Waals surface area contributed by atoms with Crippen LogP contribution in [0.4, 0.5) is 13.2 Å². The Balaban J connectivity index is 1.62. The summed E-state index contributed by atoms with van der Waals surface area (Å²) in [7, 11) is 0. The molecule has 2 aromatic carbocycles. The number of carbonyl (C=O) groups excluding carboxylic acids is 2. The summed E-state index contributed by atoms with van der Waals surface area (Å²) in [6.07, 6.45) is -3.85. The number of nitrogens with zero attached hydrogens (tertiary/aromatic N) is 2. The van der Waals surface area contributed by atoms with Crippen molar-refractivity contribution in [2.45, 2.75) is 20.0 Å². The van der Waals surface area contributed by atoms with Gasteiger partial charge in [-0.1, -0.05) is 6.07 Å². The summed E-state index contributed by atoms with van der Waals surface area (Å²) in [5, 5.41) is 8.61. The first-order valence-corrected chi connectivity index (χ1v) is 12.0. The van der Waals surface area contributed by atoms with E-state index in [0.717, 1.165) is 10.9 Å². The van der Waals surface area contributed by atoms with Gasteiger partial charge in [0, 0.05) is 37.5 Å². The number of ether oxygens (including phenoxy) is 3. The van der Waals surface area contributed by atoms with Crippen LogP contribution in [0.2, 0.25) is 0 Å². The molecule has 38 heavy (non-hydrogen) atoms. The smallest absolute Gasteiger partial charge is 0.435 e. The third kappa shape index (κ3) is 7.97. The molecule has 0 atom stereocenters. The quantitative estimate of drug-likeness (QED) is 0.323. The second kappa shape index (κ2) is 13.5. The molecule has 0 aliphatic rings. The molecule has 0 saturated carbocycles. The molecule has 1 aromatic heterocycles. The summed E-state index contributed by atoms with van der Waals surface area (Å²) in [6.45, 7) is 5.29. The molecule has 2 N–H and O–H groups in total. The number of nitrogens with one attached hydrogen (secondary N) is 2. The molecule has 12 heteroatoms. The SMILES string of the molecule is CCOCCOc1cccc(-n2cc(C(=O)NCCNC(=O)c3ccc(OCC)cc3)c(C(F)(F)F)n2)c1. The van der Waals surface area contributed by atoms with E-state index in [9.17, 15) is 22.8 Å². The first-order chi connectivity index (χ1) is 18.2. The van der Waals surface area contributed by atoms with Crippen LogP contribution in [0.15, 0.2) is 54.7 Å². The minimum absolute atomic E-state index is 0.00834. The first kappa shape index (κ1) is 28.5. The lowest BCUT2D eigenvalue weighted by atomic mass is 10.2. The van der Waals surface area contributed by atoms with Crippen molar-refractivity contribution in [3.8, 4) is 17.2 Å². The maximum Gasteiger partial charge on any atom is 0.435 e. The van der Waals surface area contributed by atoms with Crippen molar-refractivity contribution < 1.29 is 37.0 Å². The Morgan fingerprint density at radius 1 is 0.895 bits per heavy atom. The second-order valence-corrected chi connectivity index (χ2v) is 7.85. The zero-order valence-electron chi connectivity index (χ0n) is 21.0. The Labute approximate surface area is 217 Å². The summed E-state index contributed by atoms with van der Waals surface area (Å²) < 4.78 is 58.0. The predicted octanol–water partition coefficient (Wildman–Crippen LogP) is 3.86. The van der Waals surface area contributed by atoms with Crippen molar-refractivity contribution in [2.24, 2.45) is 0 Å². The Hall–Kier alpha value is -4.06. The summed E-state index contributed by atoms with van der Waals surface area (Å²) in [5.41, 5.74) is -1.30. The van der Waals surface area contributed by atoms with Gasteiger partial charge in [-0.15, -0.1) is 0 Å². The average molecular weight is 535 g/mol. The van der Waals surface area contributed by atoms with Gasteiger partial charge >= 0.3 is 6.18 Å². The lowest BCUT2D eigenvalue weighted by Gasteiger charge is -2.09. The van der Waals surface area contributed by atoms with E-state index >= 15 is 0 Å². The molecule has 0 aliphatic heterocycles. The van der Waals surface area contributed by atoms with Crippen LogP contribution in [0.5, 0.6) is 11.5 Å². The van der Waals surface area contributed by atoms with Crippen LogP contribution >= 0.6 is 0 Å². The maximum atomic E-state index is 13.7. The minimum Gasteiger partial charge on any atom is -0.494 e. The third-order valence-electron chi connectivity index (χ3n) is 5.13. The zero-order chi connectivity index (χ0) is 27.5. The molecule has 3 rings (SSSR count). The number of benzene rings is 2. The highest BCUT2D eigenvalue weighted by Crippen LogP contribution is 2.31. The summed E-state index contributed by atoms with van der Waals surface area (Å²) >= 11 is 0. The highest BCUT2D eigenvalue weighted by atomic mass is 19.4. The van der Waals surface area contributed by atoms with Crippen LogP contribution in [0, 0.1) is 0 Å². The van der Waals surface area contributed by atoms with Crippen molar-refractivity contribution in [2.75, 3.05) is 39.5 Å². The van der Waals surface area contributed by atoms with Gasteiger partial charge in [-0.25, -0.2) is 4.68 Å². The Morgan fingerprint density at radius 3 is 2.26 bits per heavy atom. The summed E-state index contributed by atoms with van der Waals surface area (Å²) in [5.74, 6) is -0.323. The van der Waals surface area contributed by atoms with Gasteiger partial charge in [0.05, 0.1) is 24.5 Å². The van der Waals surface area contributed by atoms with Crippen LogP contribution < -0.4 is 20.1 Å². The lowest BCUT2D eigenvalue weighted by molar-refractivity contribution is -0.141. The third-order valence-corrected chi connectivity index (χ3v) is 5.13. The molecule has 9 nitrogen and oxygen atoms in total. The molecule has 0 saturated heterocycles. The normalized spacial score (nSPS) is 11.2. The molecule has 0 aliphatic carbocycles. The molecule has 0 radical (unpaired) electrons. The Kier molecular flexibility index (Phi) is 10.1. The molecule has 0 fully saturated rings. The van der Waals surface area contributed by atoms with Gasteiger partial charge in [0.2, 0.25) is 0 Å².